The van der Waals surface area contributed by atoms with Crippen molar-refractivity contribution in [2.75, 3.05) is 11.3 Å². The molecule has 0 heterocycles. The number of halogens is 1. The number of sulfonamides is 1. The molecule has 140 valence electrons. The van der Waals surface area contributed by atoms with E-state index in [0.29, 0.717) is 6.54 Å². The number of nitrogens with one attached hydrogen (secondary N) is 2. The van der Waals surface area contributed by atoms with Crippen LogP contribution in [0.25, 0.3) is 0 Å². The van der Waals surface area contributed by atoms with Crippen LogP contribution in [0.2, 0.25) is 5.02 Å². The van der Waals surface area contributed by atoms with Crippen molar-refractivity contribution in [2.24, 2.45) is 0 Å². The Kier molecular flexibility index (Phi) is 7.06. The van der Waals surface area contributed by atoms with Gasteiger partial charge in [0.25, 0.3) is 15.9 Å². The summed E-state index contributed by atoms with van der Waals surface area (Å²) in [7, 11) is -3.73. The summed E-state index contributed by atoms with van der Waals surface area (Å²) in [6.07, 6.45) is 2.98. The third kappa shape index (κ3) is 5.47. The quantitative estimate of drug-likeness (QED) is 0.653. The molecular formula is C19H23ClN2O3S. The molecule has 2 aromatic carbocycles. The highest BCUT2D eigenvalue weighted by Gasteiger charge is 2.16. The van der Waals surface area contributed by atoms with Crippen LogP contribution >= 0.6 is 11.6 Å². The van der Waals surface area contributed by atoms with Gasteiger partial charge in [-0.1, -0.05) is 49.1 Å². The van der Waals surface area contributed by atoms with Gasteiger partial charge in [0.15, 0.2) is 0 Å². The van der Waals surface area contributed by atoms with Gasteiger partial charge in [-0.2, -0.15) is 0 Å². The summed E-state index contributed by atoms with van der Waals surface area (Å²) in [4.78, 5) is 12.4. The van der Waals surface area contributed by atoms with E-state index in [1.807, 2.05) is 6.92 Å². The van der Waals surface area contributed by atoms with Gasteiger partial charge in [-0.3, -0.25) is 9.52 Å². The van der Waals surface area contributed by atoms with Crippen molar-refractivity contribution in [1.82, 2.24) is 5.32 Å². The van der Waals surface area contributed by atoms with Crippen LogP contribution in [-0.2, 0) is 10.0 Å². The van der Waals surface area contributed by atoms with Crippen molar-refractivity contribution in [1.29, 1.82) is 0 Å². The molecule has 2 aromatic rings. The maximum Gasteiger partial charge on any atom is 0.261 e. The largest absolute Gasteiger partial charge is 0.352 e. The maximum atomic E-state index is 12.5. The molecular weight excluding hydrogens is 372 g/mol. The Morgan fingerprint density at radius 3 is 2.42 bits per heavy atom. The van der Waals surface area contributed by atoms with Gasteiger partial charge in [0.2, 0.25) is 0 Å². The van der Waals surface area contributed by atoms with Crippen molar-refractivity contribution < 1.29 is 13.2 Å². The fourth-order valence-corrected chi connectivity index (χ4v) is 3.62. The molecule has 0 saturated carbocycles. The highest BCUT2D eigenvalue weighted by atomic mass is 35.5. The summed E-state index contributed by atoms with van der Waals surface area (Å²) in [6, 6.07) is 11.0. The first kappa shape index (κ1) is 20.3. The van der Waals surface area contributed by atoms with Gasteiger partial charge >= 0.3 is 0 Å². The minimum Gasteiger partial charge on any atom is -0.352 e. The molecule has 0 aliphatic carbocycles. The maximum absolute atomic E-state index is 12.5. The summed E-state index contributed by atoms with van der Waals surface area (Å²) >= 11 is 6.10. The number of aryl methyl sites for hydroxylation is 1. The van der Waals surface area contributed by atoms with Gasteiger partial charge in [0, 0.05) is 12.2 Å². The van der Waals surface area contributed by atoms with Crippen molar-refractivity contribution >= 4 is 33.2 Å². The standard InChI is InChI=1S/C19H23ClN2O3S/c1-3-4-5-12-21-19(23)17-13-15(8-11-18(17)20)22-26(24,25)16-9-6-14(2)7-10-16/h6-11,13,22H,3-5,12H2,1-2H3,(H,21,23). The van der Waals surface area contributed by atoms with E-state index in [0.717, 1.165) is 24.8 Å². The first-order chi connectivity index (χ1) is 12.3. The first-order valence-corrected chi connectivity index (χ1v) is 10.4. The second kappa shape index (κ2) is 9.05. The number of hydrogen-bond acceptors (Lipinski definition) is 3. The summed E-state index contributed by atoms with van der Waals surface area (Å²) in [6.45, 7) is 4.53. The van der Waals surface area contributed by atoms with E-state index in [1.165, 1.54) is 30.3 Å². The van der Waals surface area contributed by atoms with Crippen LogP contribution in [0, 0.1) is 6.92 Å². The zero-order valence-electron chi connectivity index (χ0n) is 14.9. The molecule has 7 heteroatoms. The molecule has 2 rings (SSSR count). The molecule has 0 bridgehead atoms. The van der Waals surface area contributed by atoms with E-state index in [1.54, 1.807) is 12.1 Å². The molecule has 0 atom stereocenters. The summed E-state index contributed by atoms with van der Waals surface area (Å²) in [5.74, 6) is -0.317. The number of carbonyl (C=O) groups is 1. The third-order valence-corrected chi connectivity index (χ3v) is 5.59. The van der Waals surface area contributed by atoms with Crippen molar-refractivity contribution in [2.45, 2.75) is 38.0 Å². The second-order valence-electron chi connectivity index (χ2n) is 6.08. The molecule has 0 aliphatic heterocycles. The van der Waals surface area contributed by atoms with Gasteiger partial charge < -0.3 is 5.32 Å². The molecule has 0 aliphatic rings. The van der Waals surface area contributed by atoms with Crippen molar-refractivity contribution in [3.05, 3.63) is 58.6 Å². The fourth-order valence-electron chi connectivity index (χ4n) is 2.37. The Balaban J connectivity index is 2.15. The first-order valence-electron chi connectivity index (χ1n) is 8.50. The van der Waals surface area contributed by atoms with Crippen LogP contribution in [0.15, 0.2) is 47.4 Å². The molecule has 1 amide bonds. The summed E-state index contributed by atoms with van der Waals surface area (Å²) in [5.41, 5.74) is 1.50. The fraction of sp³-hybridized carbons (Fsp3) is 0.316. The lowest BCUT2D eigenvalue weighted by molar-refractivity contribution is 0.0953. The number of unbranched alkanes of at least 4 members (excludes halogenated alkanes) is 2. The van der Waals surface area contributed by atoms with Crippen LogP contribution < -0.4 is 10.0 Å². The molecule has 0 radical (unpaired) electrons. The van der Waals surface area contributed by atoms with Gasteiger partial charge in [0.1, 0.15) is 0 Å². The summed E-state index contributed by atoms with van der Waals surface area (Å²) in [5, 5.41) is 3.08. The van der Waals surface area contributed by atoms with Gasteiger partial charge in [0.05, 0.1) is 15.5 Å². The average Bonchev–Trinajstić information content (AvgIpc) is 2.60. The zero-order valence-corrected chi connectivity index (χ0v) is 16.5. The van der Waals surface area contributed by atoms with E-state index in [4.69, 9.17) is 11.6 Å². The Labute approximate surface area is 159 Å². The van der Waals surface area contributed by atoms with Crippen LogP contribution in [-0.4, -0.2) is 20.9 Å². The molecule has 5 nitrogen and oxygen atoms in total. The van der Waals surface area contributed by atoms with E-state index >= 15 is 0 Å². The number of anilines is 1. The van der Waals surface area contributed by atoms with Gasteiger partial charge in [-0.15, -0.1) is 0 Å². The molecule has 2 N–H and O–H groups in total. The normalized spacial score (nSPS) is 11.2. The van der Waals surface area contributed by atoms with Crippen molar-refractivity contribution in [3.63, 3.8) is 0 Å². The van der Waals surface area contributed by atoms with Gasteiger partial charge in [-0.05, 0) is 43.7 Å². The Bertz CT molecular complexity index is 865. The molecule has 0 saturated heterocycles. The second-order valence-corrected chi connectivity index (χ2v) is 8.17. The highest BCUT2D eigenvalue weighted by Crippen LogP contribution is 2.23. The Hall–Kier alpha value is -2.05. The molecule has 26 heavy (non-hydrogen) atoms. The van der Waals surface area contributed by atoms with E-state index in [2.05, 4.69) is 17.0 Å². The molecule has 0 aromatic heterocycles. The van der Waals surface area contributed by atoms with Gasteiger partial charge in [-0.25, -0.2) is 8.42 Å². The number of amides is 1. The lowest BCUT2D eigenvalue weighted by Crippen LogP contribution is -2.25. The third-order valence-electron chi connectivity index (χ3n) is 3.86. The predicted octanol–water partition coefficient (Wildman–Crippen LogP) is 4.37. The Morgan fingerprint density at radius 1 is 1.08 bits per heavy atom. The lowest BCUT2D eigenvalue weighted by atomic mass is 10.2. The minimum atomic E-state index is -3.73. The number of carbonyl (C=O) groups excluding carboxylic acids is 1. The van der Waals surface area contributed by atoms with Crippen LogP contribution in [0.3, 0.4) is 0 Å². The smallest absolute Gasteiger partial charge is 0.261 e. The molecule has 0 fully saturated rings. The van der Waals surface area contributed by atoms with E-state index in [9.17, 15) is 13.2 Å². The number of hydrogen-bond donors (Lipinski definition) is 2. The molecule has 0 spiro atoms. The molecule has 0 unspecified atom stereocenters. The number of benzene rings is 2. The lowest BCUT2D eigenvalue weighted by Gasteiger charge is -2.11. The highest BCUT2D eigenvalue weighted by molar-refractivity contribution is 7.92. The Morgan fingerprint density at radius 2 is 1.77 bits per heavy atom. The van der Waals surface area contributed by atoms with Crippen molar-refractivity contribution in [3.8, 4) is 0 Å². The number of rotatable bonds is 8. The van der Waals surface area contributed by atoms with Crippen LogP contribution in [0.4, 0.5) is 5.69 Å². The average molecular weight is 395 g/mol. The van der Waals surface area contributed by atoms with Crippen LogP contribution in [0.5, 0.6) is 0 Å². The zero-order chi connectivity index (χ0) is 19.2. The SMILES string of the molecule is CCCCCNC(=O)c1cc(NS(=O)(=O)c2ccc(C)cc2)ccc1Cl. The predicted molar refractivity (Wildman–Crippen MR) is 105 cm³/mol. The topological polar surface area (TPSA) is 75.3 Å². The van der Waals surface area contributed by atoms with Crippen LogP contribution in [0.1, 0.15) is 42.1 Å². The van der Waals surface area contributed by atoms with E-state index in [-0.39, 0.29) is 27.1 Å². The monoisotopic (exact) mass is 394 g/mol. The summed E-state index contributed by atoms with van der Waals surface area (Å²) < 4.78 is 27.4. The minimum absolute atomic E-state index is 0.156. The van der Waals surface area contributed by atoms with E-state index < -0.39 is 10.0 Å².